The van der Waals surface area contributed by atoms with E-state index in [1.807, 2.05) is 31.4 Å². The molecule has 1 amide bonds. The first-order valence-electron chi connectivity index (χ1n) is 8.13. The zero-order valence-corrected chi connectivity index (χ0v) is 15.5. The van der Waals surface area contributed by atoms with Gasteiger partial charge < -0.3 is 9.73 Å². The summed E-state index contributed by atoms with van der Waals surface area (Å²) in [6, 6.07) is 7.63. The van der Waals surface area contributed by atoms with E-state index in [9.17, 15) is 9.18 Å². The van der Waals surface area contributed by atoms with Gasteiger partial charge in [-0.2, -0.15) is 0 Å². The fraction of sp³-hybridized carbons (Fsp3) is 0.278. The Morgan fingerprint density at radius 3 is 2.62 bits per heavy atom. The molecular formula is C18H19FN4O2S. The number of aromatic nitrogens is 3. The predicted octanol–water partition coefficient (Wildman–Crippen LogP) is 4.30. The van der Waals surface area contributed by atoms with Gasteiger partial charge >= 0.3 is 0 Å². The molecule has 1 N–H and O–H groups in total. The molecule has 2 aromatic heterocycles. The number of carbonyl (C=O) groups is 1. The highest BCUT2D eigenvalue weighted by Crippen LogP contribution is 2.30. The van der Waals surface area contributed by atoms with Crippen LogP contribution in [0.15, 0.2) is 46.2 Å². The van der Waals surface area contributed by atoms with Gasteiger partial charge in [-0.1, -0.05) is 11.8 Å². The zero-order chi connectivity index (χ0) is 18.7. The lowest BCUT2D eigenvalue weighted by molar-refractivity contribution is -0.113. The number of nitrogens with one attached hydrogen (secondary N) is 1. The summed E-state index contributed by atoms with van der Waals surface area (Å²) in [4.78, 5) is 12.1. The standard InChI is InChI=1S/C18H19FN4O2S/c1-11(2)23-17(15-8-9-25-12(15)3)21-22-18(23)26-10-16(24)20-14-6-4-13(19)5-7-14/h4-9,11H,10H2,1-3H3,(H,20,24). The number of benzene rings is 1. The lowest BCUT2D eigenvalue weighted by atomic mass is 10.2. The Morgan fingerprint density at radius 2 is 2.00 bits per heavy atom. The Morgan fingerprint density at radius 1 is 1.27 bits per heavy atom. The van der Waals surface area contributed by atoms with Crippen LogP contribution in [0.2, 0.25) is 0 Å². The number of hydrogen-bond acceptors (Lipinski definition) is 5. The first kappa shape index (κ1) is 18.2. The van der Waals surface area contributed by atoms with E-state index >= 15 is 0 Å². The van der Waals surface area contributed by atoms with Crippen molar-refractivity contribution in [3.8, 4) is 11.4 Å². The molecule has 2 heterocycles. The second-order valence-electron chi connectivity index (χ2n) is 6.00. The molecule has 3 aromatic rings. The van der Waals surface area contributed by atoms with Gasteiger partial charge in [-0.3, -0.25) is 9.36 Å². The number of anilines is 1. The molecule has 0 atom stereocenters. The van der Waals surface area contributed by atoms with E-state index in [1.165, 1.54) is 36.0 Å². The third-order valence-electron chi connectivity index (χ3n) is 3.74. The molecule has 1 aromatic carbocycles. The van der Waals surface area contributed by atoms with Crippen LogP contribution in [0.4, 0.5) is 10.1 Å². The number of rotatable bonds is 6. The van der Waals surface area contributed by atoms with Crippen LogP contribution in [0.1, 0.15) is 25.6 Å². The minimum atomic E-state index is -0.343. The summed E-state index contributed by atoms with van der Waals surface area (Å²) in [5.41, 5.74) is 1.44. The van der Waals surface area contributed by atoms with Crippen molar-refractivity contribution in [3.05, 3.63) is 48.2 Å². The first-order chi connectivity index (χ1) is 12.5. The van der Waals surface area contributed by atoms with Crippen molar-refractivity contribution in [3.63, 3.8) is 0 Å². The number of halogens is 1. The third kappa shape index (κ3) is 3.96. The second-order valence-corrected chi connectivity index (χ2v) is 6.95. The molecule has 136 valence electrons. The Hall–Kier alpha value is -2.61. The molecule has 3 rings (SSSR count). The molecule has 0 saturated heterocycles. The summed E-state index contributed by atoms with van der Waals surface area (Å²) >= 11 is 1.30. The molecule has 8 heteroatoms. The molecule has 6 nitrogen and oxygen atoms in total. The van der Waals surface area contributed by atoms with Crippen molar-refractivity contribution in [2.75, 3.05) is 11.1 Å². The van der Waals surface area contributed by atoms with E-state index < -0.39 is 0 Å². The highest BCUT2D eigenvalue weighted by atomic mass is 32.2. The average molecular weight is 374 g/mol. The molecule has 0 aliphatic heterocycles. The summed E-state index contributed by atoms with van der Waals surface area (Å²) in [6.07, 6.45) is 1.62. The summed E-state index contributed by atoms with van der Waals surface area (Å²) in [6.45, 7) is 5.94. The topological polar surface area (TPSA) is 72.9 Å². The van der Waals surface area contributed by atoms with Crippen LogP contribution in [0.3, 0.4) is 0 Å². The molecule has 0 radical (unpaired) electrons. The normalized spacial score (nSPS) is 11.1. The average Bonchev–Trinajstić information content (AvgIpc) is 3.20. The highest BCUT2D eigenvalue weighted by molar-refractivity contribution is 7.99. The Kier molecular flexibility index (Phi) is 5.41. The predicted molar refractivity (Wildman–Crippen MR) is 98.6 cm³/mol. The van der Waals surface area contributed by atoms with Gasteiger partial charge in [0.15, 0.2) is 11.0 Å². The van der Waals surface area contributed by atoms with Gasteiger partial charge in [0.2, 0.25) is 5.91 Å². The monoisotopic (exact) mass is 374 g/mol. The molecular weight excluding hydrogens is 355 g/mol. The SMILES string of the molecule is Cc1occc1-c1nnc(SCC(=O)Nc2ccc(F)cc2)n1C(C)C. The summed E-state index contributed by atoms with van der Waals surface area (Å²) in [7, 11) is 0. The number of amides is 1. The van der Waals surface area contributed by atoms with Crippen LogP contribution < -0.4 is 5.32 Å². The van der Waals surface area contributed by atoms with Gasteiger partial charge in [0, 0.05) is 11.7 Å². The lowest BCUT2D eigenvalue weighted by Gasteiger charge is -2.13. The Labute approximate surface area is 154 Å². The highest BCUT2D eigenvalue weighted by Gasteiger charge is 2.20. The van der Waals surface area contributed by atoms with Crippen molar-refractivity contribution in [2.24, 2.45) is 0 Å². The fourth-order valence-electron chi connectivity index (χ4n) is 2.50. The molecule has 26 heavy (non-hydrogen) atoms. The molecule has 0 fully saturated rings. The van der Waals surface area contributed by atoms with Crippen molar-refractivity contribution >= 4 is 23.4 Å². The number of carbonyl (C=O) groups excluding carboxylic acids is 1. The first-order valence-corrected chi connectivity index (χ1v) is 9.12. The van der Waals surface area contributed by atoms with Crippen LogP contribution >= 0.6 is 11.8 Å². The van der Waals surface area contributed by atoms with Crippen molar-refractivity contribution in [1.82, 2.24) is 14.8 Å². The molecule has 0 spiro atoms. The number of nitrogens with zero attached hydrogens (tertiary/aromatic N) is 3. The van der Waals surface area contributed by atoms with Gasteiger partial charge in [0.1, 0.15) is 11.6 Å². The van der Waals surface area contributed by atoms with Crippen LogP contribution in [-0.2, 0) is 4.79 Å². The Balaban J connectivity index is 1.72. The zero-order valence-electron chi connectivity index (χ0n) is 14.7. The minimum Gasteiger partial charge on any atom is -0.469 e. The molecule has 0 aliphatic carbocycles. The maximum atomic E-state index is 12.9. The van der Waals surface area contributed by atoms with Crippen LogP contribution in [-0.4, -0.2) is 26.4 Å². The quantitative estimate of drug-likeness (QED) is 0.651. The van der Waals surface area contributed by atoms with Gasteiger partial charge in [-0.05, 0) is 51.1 Å². The number of thioether (sulfide) groups is 1. The van der Waals surface area contributed by atoms with E-state index in [4.69, 9.17) is 4.42 Å². The summed E-state index contributed by atoms with van der Waals surface area (Å²) < 4.78 is 20.3. The van der Waals surface area contributed by atoms with Crippen molar-refractivity contribution < 1.29 is 13.6 Å². The van der Waals surface area contributed by atoms with E-state index in [-0.39, 0.29) is 23.5 Å². The largest absolute Gasteiger partial charge is 0.469 e. The van der Waals surface area contributed by atoms with Crippen molar-refractivity contribution in [1.29, 1.82) is 0 Å². The van der Waals surface area contributed by atoms with Gasteiger partial charge in [0.25, 0.3) is 0 Å². The van der Waals surface area contributed by atoms with Crippen LogP contribution in [0, 0.1) is 12.7 Å². The molecule has 0 bridgehead atoms. The van der Waals surface area contributed by atoms with E-state index in [0.717, 1.165) is 11.3 Å². The molecule has 0 saturated carbocycles. The number of aryl methyl sites for hydroxylation is 1. The molecule has 0 unspecified atom stereocenters. The van der Waals surface area contributed by atoms with E-state index in [0.29, 0.717) is 16.7 Å². The van der Waals surface area contributed by atoms with Crippen molar-refractivity contribution in [2.45, 2.75) is 32.0 Å². The van der Waals surface area contributed by atoms with Gasteiger partial charge in [-0.25, -0.2) is 4.39 Å². The minimum absolute atomic E-state index is 0.122. The summed E-state index contributed by atoms with van der Waals surface area (Å²) in [5.74, 6) is 1.12. The third-order valence-corrected chi connectivity index (χ3v) is 4.68. The van der Waals surface area contributed by atoms with Gasteiger partial charge in [0.05, 0.1) is 17.6 Å². The van der Waals surface area contributed by atoms with Gasteiger partial charge in [-0.15, -0.1) is 10.2 Å². The van der Waals surface area contributed by atoms with Crippen LogP contribution in [0.5, 0.6) is 0 Å². The fourth-order valence-corrected chi connectivity index (χ4v) is 3.37. The smallest absolute Gasteiger partial charge is 0.234 e. The second kappa shape index (κ2) is 7.74. The van der Waals surface area contributed by atoms with E-state index in [1.54, 1.807) is 6.26 Å². The van der Waals surface area contributed by atoms with Crippen LogP contribution in [0.25, 0.3) is 11.4 Å². The Bertz CT molecular complexity index is 902. The number of furan rings is 1. The molecule has 0 aliphatic rings. The number of hydrogen-bond donors (Lipinski definition) is 1. The maximum Gasteiger partial charge on any atom is 0.234 e. The maximum absolute atomic E-state index is 12.9. The van der Waals surface area contributed by atoms with E-state index in [2.05, 4.69) is 15.5 Å². The lowest BCUT2D eigenvalue weighted by Crippen LogP contribution is -2.15. The summed E-state index contributed by atoms with van der Waals surface area (Å²) in [5, 5.41) is 11.9.